The van der Waals surface area contributed by atoms with Gasteiger partial charge in [0, 0.05) is 19.6 Å². The van der Waals surface area contributed by atoms with Gasteiger partial charge in [-0.05, 0) is 50.4 Å². The summed E-state index contributed by atoms with van der Waals surface area (Å²) in [5, 5.41) is 9.17. The predicted molar refractivity (Wildman–Crippen MR) is 94.1 cm³/mol. The number of methoxy groups -OCH3 is 1. The monoisotopic (exact) mass is 489 g/mol. The van der Waals surface area contributed by atoms with E-state index >= 15 is 0 Å². The van der Waals surface area contributed by atoms with Gasteiger partial charge in [-0.15, -0.1) is 0 Å². The van der Waals surface area contributed by atoms with E-state index in [1.54, 1.807) is 4.57 Å². The molecule has 0 saturated carbocycles. The van der Waals surface area contributed by atoms with Crippen molar-refractivity contribution in [1.82, 2.24) is 4.57 Å². The Hall–Kier alpha value is -1.30. The number of nitriles is 1. The van der Waals surface area contributed by atoms with Crippen LogP contribution in [0.25, 0.3) is 5.69 Å². The Kier molecular flexibility index (Phi) is 5.00. The van der Waals surface area contributed by atoms with E-state index in [1.807, 2.05) is 19.1 Å². The summed E-state index contributed by atoms with van der Waals surface area (Å²) >= 11 is 10.5. The van der Waals surface area contributed by atoms with Crippen LogP contribution in [-0.4, -0.2) is 17.6 Å². The molecule has 0 unspecified atom stereocenters. The summed E-state index contributed by atoms with van der Waals surface area (Å²) in [6.45, 7) is 1.92. The lowest BCUT2D eigenvalue weighted by Gasteiger charge is -2.15. The molecule has 22 heavy (non-hydrogen) atoms. The summed E-state index contributed by atoms with van der Waals surface area (Å²) in [6, 6.07) is 3.84. The maximum absolute atomic E-state index is 12.1. The fourth-order valence-electron chi connectivity index (χ4n) is 1.99. The number of aromatic nitrogens is 1. The number of nitrogens with zero attached hydrogens (tertiary/aromatic N) is 2. The van der Waals surface area contributed by atoms with Gasteiger partial charge in [0.05, 0.1) is 24.0 Å². The van der Waals surface area contributed by atoms with Crippen LogP contribution in [-0.2, 0) is 4.74 Å². The van der Waals surface area contributed by atoms with Crippen molar-refractivity contribution < 1.29 is 9.53 Å². The molecule has 2 aromatic rings. The van der Waals surface area contributed by atoms with Crippen LogP contribution < -0.4 is 5.73 Å². The van der Waals surface area contributed by atoms with Crippen molar-refractivity contribution in [1.29, 1.82) is 5.26 Å². The number of anilines is 1. The summed E-state index contributed by atoms with van der Waals surface area (Å²) in [7, 11) is 1.27. The minimum Gasteiger partial charge on any atom is -0.464 e. The van der Waals surface area contributed by atoms with Crippen molar-refractivity contribution in [3.8, 4) is 11.8 Å². The van der Waals surface area contributed by atoms with Gasteiger partial charge in [-0.3, -0.25) is 0 Å². The highest BCUT2D eigenvalue weighted by Crippen LogP contribution is 2.39. The number of esters is 1. The molecule has 0 bridgehead atoms. The lowest BCUT2D eigenvalue weighted by Crippen LogP contribution is -2.12. The van der Waals surface area contributed by atoms with Gasteiger partial charge in [0.15, 0.2) is 5.69 Å². The fourth-order valence-corrected chi connectivity index (χ4v) is 4.49. The first-order valence-electron chi connectivity index (χ1n) is 5.97. The SMILES string of the molecule is COC(=O)c1c(N)c(C#N)cn1-c1c(Br)cc(Br)c(C)c1Br. The van der Waals surface area contributed by atoms with Gasteiger partial charge in [-0.2, -0.15) is 5.26 Å². The minimum absolute atomic E-state index is 0.0914. The zero-order valence-electron chi connectivity index (χ0n) is 11.6. The molecule has 1 aromatic carbocycles. The standard InChI is InChI=1S/C14H10Br3N3O2/c1-6-8(15)3-9(16)12(10(6)17)20-5-7(4-18)11(19)13(20)14(21)22-2/h3,5H,19H2,1-2H3. The maximum Gasteiger partial charge on any atom is 0.357 e. The normalized spacial score (nSPS) is 10.4. The number of hydrogen-bond donors (Lipinski definition) is 1. The largest absolute Gasteiger partial charge is 0.464 e. The summed E-state index contributed by atoms with van der Waals surface area (Å²) in [4.78, 5) is 12.1. The van der Waals surface area contributed by atoms with E-state index < -0.39 is 5.97 Å². The van der Waals surface area contributed by atoms with Gasteiger partial charge in [0.1, 0.15) is 6.07 Å². The van der Waals surface area contributed by atoms with Gasteiger partial charge < -0.3 is 15.0 Å². The lowest BCUT2D eigenvalue weighted by atomic mass is 10.2. The molecular formula is C14H10Br3N3O2. The maximum atomic E-state index is 12.1. The Morgan fingerprint density at radius 3 is 2.55 bits per heavy atom. The number of benzene rings is 1. The van der Waals surface area contributed by atoms with E-state index in [2.05, 4.69) is 47.8 Å². The topological polar surface area (TPSA) is 81.0 Å². The number of carbonyl (C=O) groups excluding carboxylic acids is 1. The minimum atomic E-state index is -0.613. The number of nitrogens with two attached hydrogens (primary N) is 1. The van der Waals surface area contributed by atoms with Crippen LogP contribution in [0.5, 0.6) is 0 Å². The number of rotatable bonds is 2. The van der Waals surface area contributed by atoms with Crippen LogP contribution in [0.1, 0.15) is 21.6 Å². The lowest BCUT2D eigenvalue weighted by molar-refractivity contribution is 0.0593. The molecule has 0 atom stereocenters. The second-order valence-electron chi connectivity index (χ2n) is 4.41. The fraction of sp³-hybridized carbons (Fsp3) is 0.143. The summed E-state index contributed by atoms with van der Waals surface area (Å²) in [5.74, 6) is -0.613. The molecule has 1 aromatic heterocycles. The molecule has 2 rings (SSSR count). The highest BCUT2D eigenvalue weighted by Gasteiger charge is 2.24. The smallest absolute Gasteiger partial charge is 0.357 e. The Bertz CT molecular complexity index is 822. The highest BCUT2D eigenvalue weighted by molar-refractivity contribution is 9.11. The average molecular weight is 492 g/mol. The van der Waals surface area contributed by atoms with Crippen molar-refractivity contribution in [2.45, 2.75) is 6.92 Å². The van der Waals surface area contributed by atoms with Gasteiger partial charge in [0.25, 0.3) is 0 Å². The van der Waals surface area contributed by atoms with E-state index in [4.69, 9.17) is 15.7 Å². The highest BCUT2D eigenvalue weighted by atomic mass is 79.9. The summed E-state index contributed by atoms with van der Waals surface area (Å²) in [6.07, 6.45) is 1.51. The second-order valence-corrected chi connectivity index (χ2v) is 6.91. The number of halogens is 3. The molecule has 0 amide bonds. The van der Waals surface area contributed by atoms with Crippen LogP contribution in [0.3, 0.4) is 0 Å². The third kappa shape index (κ3) is 2.69. The van der Waals surface area contributed by atoms with Crippen LogP contribution in [0.2, 0.25) is 0 Å². The van der Waals surface area contributed by atoms with Crippen LogP contribution in [0, 0.1) is 18.3 Å². The van der Waals surface area contributed by atoms with Gasteiger partial charge >= 0.3 is 5.97 Å². The average Bonchev–Trinajstić information content (AvgIpc) is 2.80. The van der Waals surface area contributed by atoms with Crippen LogP contribution in [0.15, 0.2) is 25.7 Å². The number of nitrogen functional groups attached to an aromatic ring is 1. The first kappa shape index (κ1) is 17.1. The Morgan fingerprint density at radius 1 is 1.36 bits per heavy atom. The van der Waals surface area contributed by atoms with E-state index in [9.17, 15) is 4.79 Å². The Labute approximate surface area is 152 Å². The third-order valence-corrected chi connectivity index (χ3v) is 5.56. The van der Waals surface area contributed by atoms with Crippen molar-refractivity contribution in [2.75, 3.05) is 12.8 Å². The number of hydrogen-bond acceptors (Lipinski definition) is 4. The van der Waals surface area contributed by atoms with Gasteiger partial charge in [-0.1, -0.05) is 15.9 Å². The van der Waals surface area contributed by atoms with Crippen molar-refractivity contribution in [3.05, 3.63) is 42.5 Å². The van der Waals surface area contributed by atoms with E-state index in [0.717, 1.165) is 19.0 Å². The molecule has 114 valence electrons. The molecule has 8 heteroatoms. The Balaban J connectivity index is 2.88. The molecular weight excluding hydrogens is 482 g/mol. The van der Waals surface area contributed by atoms with Gasteiger partial charge in [0.2, 0.25) is 0 Å². The predicted octanol–water partition coefficient (Wildman–Crippen LogP) is 4.31. The van der Waals surface area contributed by atoms with E-state index in [1.165, 1.54) is 13.3 Å². The number of ether oxygens (including phenoxy) is 1. The third-order valence-electron chi connectivity index (χ3n) is 3.16. The quantitative estimate of drug-likeness (QED) is 0.635. The van der Waals surface area contributed by atoms with E-state index in [0.29, 0.717) is 5.69 Å². The zero-order valence-corrected chi connectivity index (χ0v) is 16.3. The molecule has 0 fully saturated rings. The first-order chi connectivity index (χ1) is 10.3. The van der Waals surface area contributed by atoms with Crippen molar-refractivity contribution in [2.24, 2.45) is 0 Å². The molecule has 1 heterocycles. The molecule has 0 aliphatic carbocycles. The molecule has 2 N–H and O–H groups in total. The van der Waals surface area contributed by atoms with Crippen molar-refractivity contribution in [3.63, 3.8) is 0 Å². The van der Waals surface area contributed by atoms with E-state index in [-0.39, 0.29) is 16.9 Å². The zero-order chi connectivity index (χ0) is 16.6. The van der Waals surface area contributed by atoms with Gasteiger partial charge in [-0.25, -0.2) is 4.79 Å². The van der Waals surface area contributed by atoms with Crippen LogP contribution in [0.4, 0.5) is 5.69 Å². The molecule has 0 spiro atoms. The number of carbonyl (C=O) groups is 1. The molecule has 0 saturated heterocycles. The molecule has 0 aliphatic rings. The molecule has 0 radical (unpaired) electrons. The Morgan fingerprint density at radius 2 is 2.00 bits per heavy atom. The molecule has 0 aliphatic heterocycles. The second kappa shape index (κ2) is 6.44. The summed E-state index contributed by atoms with van der Waals surface area (Å²) in [5.41, 5.74) is 7.93. The first-order valence-corrected chi connectivity index (χ1v) is 8.35. The van der Waals surface area contributed by atoms with Crippen molar-refractivity contribution >= 4 is 59.4 Å². The van der Waals surface area contributed by atoms with Crippen LogP contribution >= 0.6 is 47.8 Å². The molecule has 5 nitrogen and oxygen atoms in total. The summed E-state index contributed by atoms with van der Waals surface area (Å²) < 4.78 is 8.72.